The monoisotopic (exact) mass is 241 g/mol. The molecular formula is C12H16ClNO2. The Kier molecular flexibility index (Phi) is 6.61. The van der Waals surface area contributed by atoms with Crippen LogP contribution < -0.4 is 5.73 Å². The number of halogens is 1. The highest BCUT2D eigenvalue weighted by Crippen LogP contribution is 2.03. The molecule has 0 aliphatic heterocycles. The average Bonchev–Trinajstić information content (AvgIpc) is 2.26. The van der Waals surface area contributed by atoms with E-state index < -0.39 is 6.04 Å². The van der Waals surface area contributed by atoms with Gasteiger partial charge < -0.3 is 5.73 Å². The van der Waals surface area contributed by atoms with Gasteiger partial charge in [0.1, 0.15) is 6.04 Å². The van der Waals surface area contributed by atoms with E-state index in [-0.39, 0.29) is 24.0 Å². The maximum Gasteiger partial charge on any atom is 0.157 e. The molecule has 1 aromatic rings. The van der Waals surface area contributed by atoms with Crippen LogP contribution in [0.1, 0.15) is 18.9 Å². The number of carbonyl (C=O) groups is 2. The Morgan fingerprint density at radius 2 is 1.81 bits per heavy atom. The lowest BCUT2D eigenvalue weighted by Crippen LogP contribution is -2.37. The zero-order chi connectivity index (χ0) is 11.3. The third-order valence-corrected chi connectivity index (χ3v) is 2.29. The first-order valence-electron chi connectivity index (χ1n) is 4.94. The largest absolute Gasteiger partial charge is 0.315 e. The van der Waals surface area contributed by atoms with Crippen LogP contribution in [0, 0.1) is 0 Å². The molecule has 88 valence electrons. The lowest BCUT2D eigenvalue weighted by atomic mass is 10.0. The molecule has 16 heavy (non-hydrogen) atoms. The lowest BCUT2D eigenvalue weighted by molar-refractivity contribution is -0.127. The molecule has 4 heteroatoms. The van der Waals surface area contributed by atoms with E-state index in [1.165, 1.54) is 6.92 Å². The van der Waals surface area contributed by atoms with Crippen molar-refractivity contribution in [2.45, 2.75) is 25.8 Å². The number of carbonyl (C=O) groups excluding carboxylic acids is 2. The highest BCUT2D eigenvalue weighted by Gasteiger charge is 2.17. The van der Waals surface area contributed by atoms with E-state index in [4.69, 9.17) is 5.73 Å². The molecule has 0 aromatic heterocycles. The zero-order valence-electron chi connectivity index (χ0n) is 9.18. The predicted octanol–water partition coefficient (Wildman–Crippen LogP) is 1.53. The SMILES string of the molecule is CC(=O)C(N)C(=O)CCc1ccccc1.Cl. The normalized spacial score (nSPS) is 11.4. The number of aryl methyl sites for hydroxylation is 1. The fourth-order valence-electron chi connectivity index (χ4n) is 1.29. The molecule has 0 fully saturated rings. The Morgan fingerprint density at radius 3 is 2.31 bits per heavy atom. The zero-order valence-corrected chi connectivity index (χ0v) is 10.00. The van der Waals surface area contributed by atoms with E-state index in [2.05, 4.69) is 0 Å². The molecule has 1 aromatic carbocycles. The van der Waals surface area contributed by atoms with E-state index in [0.29, 0.717) is 12.8 Å². The quantitative estimate of drug-likeness (QED) is 0.796. The summed E-state index contributed by atoms with van der Waals surface area (Å²) in [5.41, 5.74) is 6.51. The molecule has 1 rings (SSSR count). The summed E-state index contributed by atoms with van der Waals surface area (Å²) in [6.07, 6.45) is 0.964. The van der Waals surface area contributed by atoms with Gasteiger partial charge in [-0.2, -0.15) is 0 Å². The Bertz CT molecular complexity index is 351. The Hall–Kier alpha value is -1.19. The van der Waals surface area contributed by atoms with Crippen molar-refractivity contribution in [1.82, 2.24) is 0 Å². The average molecular weight is 242 g/mol. The van der Waals surface area contributed by atoms with Crippen LogP contribution in [0.15, 0.2) is 30.3 Å². The number of rotatable bonds is 5. The smallest absolute Gasteiger partial charge is 0.157 e. The van der Waals surface area contributed by atoms with Crippen LogP contribution in [0.5, 0.6) is 0 Å². The van der Waals surface area contributed by atoms with Crippen LogP contribution in [-0.4, -0.2) is 17.6 Å². The first-order valence-corrected chi connectivity index (χ1v) is 4.94. The summed E-state index contributed by atoms with van der Waals surface area (Å²) in [4.78, 5) is 22.3. The van der Waals surface area contributed by atoms with E-state index in [9.17, 15) is 9.59 Å². The second kappa shape index (κ2) is 7.14. The number of ketones is 2. The minimum atomic E-state index is -0.950. The van der Waals surface area contributed by atoms with E-state index >= 15 is 0 Å². The summed E-state index contributed by atoms with van der Waals surface area (Å²) in [7, 11) is 0. The van der Waals surface area contributed by atoms with Crippen molar-refractivity contribution in [1.29, 1.82) is 0 Å². The Labute approximate surface area is 101 Å². The molecule has 2 N–H and O–H groups in total. The van der Waals surface area contributed by atoms with Crippen LogP contribution in [0.25, 0.3) is 0 Å². The molecule has 0 saturated heterocycles. The summed E-state index contributed by atoms with van der Waals surface area (Å²) in [6.45, 7) is 1.34. The number of Topliss-reactive ketones (excluding diaryl/α,β-unsaturated/α-hetero) is 2. The Balaban J connectivity index is 0.00000225. The molecule has 0 spiro atoms. The number of hydrogen-bond donors (Lipinski definition) is 1. The van der Waals surface area contributed by atoms with Gasteiger partial charge in [0.15, 0.2) is 11.6 Å². The molecule has 0 amide bonds. The molecule has 1 atom stereocenters. The van der Waals surface area contributed by atoms with Gasteiger partial charge in [-0.3, -0.25) is 9.59 Å². The summed E-state index contributed by atoms with van der Waals surface area (Å²) < 4.78 is 0. The molecule has 1 unspecified atom stereocenters. The molecule has 0 saturated carbocycles. The number of hydrogen-bond acceptors (Lipinski definition) is 3. The van der Waals surface area contributed by atoms with Crippen LogP contribution in [0.4, 0.5) is 0 Å². The van der Waals surface area contributed by atoms with Gasteiger partial charge in [-0.05, 0) is 18.9 Å². The minimum Gasteiger partial charge on any atom is -0.315 e. The summed E-state index contributed by atoms with van der Waals surface area (Å²) in [5.74, 6) is -0.459. The van der Waals surface area contributed by atoms with Crippen molar-refractivity contribution in [2.24, 2.45) is 5.73 Å². The molecule has 0 aliphatic carbocycles. The van der Waals surface area contributed by atoms with Crippen molar-refractivity contribution in [3.8, 4) is 0 Å². The molecule has 0 bridgehead atoms. The first kappa shape index (κ1) is 14.8. The predicted molar refractivity (Wildman–Crippen MR) is 65.7 cm³/mol. The molecule has 0 aliphatic rings. The van der Waals surface area contributed by atoms with Gasteiger partial charge in [0.05, 0.1) is 0 Å². The van der Waals surface area contributed by atoms with Gasteiger partial charge in [-0.25, -0.2) is 0 Å². The summed E-state index contributed by atoms with van der Waals surface area (Å²) in [5, 5.41) is 0. The van der Waals surface area contributed by atoms with Crippen molar-refractivity contribution < 1.29 is 9.59 Å². The van der Waals surface area contributed by atoms with Crippen molar-refractivity contribution in [3.63, 3.8) is 0 Å². The highest BCUT2D eigenvalue weighted by molar-refractivity contribution is 6.05. The summed E-state index contributed by atoms with van der Waals surface area (Å²) in [6, 6.07) is 8.72. The number of benzene rings is 1. The molecule has 0 radical (unpaired) electrons. The maximum atomic E-state index is 11.4. The van der Waals surface area contributed by atoms with Crippen molar-refractivity contribution >= 4 is 24.0 Å². The topological polar surface area (TPSA) is 60.2 Å². The van der Waals surface area contributed by atoms with Gasteiger partial charge in [0, 0.05) is 6.42 Å². The van der Waals surface area contributed by atoms with Gasteiger partial charge in [0.25, 0.3) is 0 Å². The molecular weight excluding hydrogens is 226 g/mol. The van der Waals surface area contributed by atoms with Crippen LogP contribution in [-0.2, 0) is 16.0 Å². The minimum absolute atomic E-state index is 0. The highest BCUT2D eigenvalue weighted by atomic mass is 35.5. The van der Waals surface area contributed by atoms with Gasteiger partial charge in [0.2, 0.25) is 0 Å². The molecule has 0 heterocycles. The summed E-state index contributed by atoms with van der Waals surface area (Å²) >= 11 is 0. The maximum absolute atomic E-state index is 11.4. The molecule has 3 nitrogen and oxygen atoms in total. The Morgan fingerprint density at radius 1 is 1.25 bits per heavy atom. The third kappa shape index (κ3) is 4.55. The van der Waals surface area contributed by atoms with Crippen molar-refractivity contribution in [2.75, 3.05) is 0 Å². The van der Waals surface area contributed by atoms with Crippen LogP contribution in [0.3, 0.4) is 0 Å². The van der Waals surface area contributed by atoms with E-state index in [1.54, 1.807) is 0 Å². The lowest BCUT2D eigenvalue weighted by Gasteiger charge is -2.06. The van der Waals surface area contributed by atoms with Crippen LogP contribution in [0.2, 0.25) is 0 Å². The fraction of sp³-hybridized carbons (Fsp3) is 0.333. The van der Waals surface area contributed by atoms with E-state index in [0.717, 1.165) is 5.56 Å². The number of nitrogens with two attached hydrogens (primary N) is 1. The van der Waals surface area contributed by atoms with E-state index in [1.807, 2.05) is 30.3 Å². The van der Waals surface area contributed by atoms with Gasteiger partial charge >= 0.3 is 0 Å². The van der Waals surface area contributed by atoms with Gasteiger partial charge in [-0.1, -0.05) is 30.3 Å². The second-order valence-electron chi connectivity index (χ2n) is 3.54. The first-order chi connectivity index (χ1) is 7.11. The second-order valence-corrected chi connectivity index (χ2v) is 3.54. The fourth-order valence-corrected chi connectivity index (χ4v) is 1.29. The van der Waals surface area contributed by atoms with Gasteiger partial charge in [-0.15, -0.1) is 12.4 Å². The standard InChI is InChI=1S/C12H15NO2.ClH/c1-9(14)12(13)11(15)8-7-10-5-3-2-4-6-10;/h2-6,12H,7-8,13H2,1H3;1H. The van der Waals surface area contributed by atoms with Crippen LogP contribution >= 0.6 is 12.4 Å². The third-order valence-electron chi connectivity index (χ3n) is 2.29. The van der Waals surface area contributed by atoms with Crippen molar-refractivity contribution in [3.05, 3.63) is 35.9 Å².